The van der Waals surface area contributed by atoms with Crippen LogP contribution in [0.3, 0.4) is 0 Å². The molecule has 0 aliphatic heterocycles. The quantitative estimate of drug-likeness (QED) is 0.772. The summed E-state index contributed by atoms with van der Waals surface area (Å²) in [7, 11) is 0. The van der Waals surface area contributed by atoms with Crippen LogP contribution in [0.1, 0.15) is 65.2 Å². The third-order valence-electron chi connectivity index (χ3n) is 5.97. The summed E-state index contributed by atoms with van der Waals surface area (Å²) in [6.45, 7) is 4.63. The first-order valence-corrected chi connectivity index (χ1v) is 7.33. The molecule has 3 unspecified atom stereocenters. The van der Waals surface area contributed by atoms with Crippen LogP contribution in [-0.2, 0) is 0 Å². The Hall–Kier alpha value is -0.0400. The van der Waals surface area contributed by atoms with E-state index in [0.717, 1.165) is 11.8 Å². The number of hydrogen-bond donors (Lipinski definition) is 1. The van der Waals surface area contributed by atoms with Gasteiger partial charge in [-0.2, -0.15) is 0 Å². The first-order valence-electron chi connectivity index (χ1n) is 7.33. The van der Waals surface area contributed by atoms with Crippen molar-refractivity contribution in [2.45, 2.75) is 71.3 Å². The van der Waals surface area contributed by atoms with Crippen LogP contribution < -0.4 is 5.73 Å². The van der Waals surface area contributed by atoms with Gasteiger partial charge in [-0.15, -0.1) is 0 Å². The van der Waals surface area contributed by atoms with Crippen molar-refractivity contribution in [3.05, 3.63) is 0 Å². The Bertz CT molecular complexity index is 267. The predicted molar refractivity (Wildman–Crippen MR) is 68.1 cm³/mol. The van der Waals surface area contributed by atoms with Crippen molar-refractivity contribution in [2.75, 3.05) is 0 Å². The van der Waals surface area contributed by atoms with Crippen LogP contribution in [0.2, 0.25) is 0 Å². The molecule has 16 heavy (non-hydrogen) atoms. The number of rotatable bonds is 3. The Labute approximate surface area is 100 Å². The summed E-state index contributed by atoms with van der Waals surface area (Å²) >= 11 is 0. The van der Waals surface area contributed by atoms with Crippen molar-refractivity contribution in [1.29, 1.82) is 0 Å². The molecule has 1 nitrogen and oxygen atoms in total. The van der Waals surface area contributed by atoms with E-state index >= 15 is 0 Å². The highest BCUT2D eigenvalue weighted by Crippen LogP contribution is 2.67. The zero-order valence-electron chi connectivity index (χ0n) is 11.0. The molecule has 0 saturated heterocycles. The fraction of sp³-hybridized carbons (Fsp3) is 1.00. The van der Waals surface area contributed by atoms with Gasteiger partial charge in [0.1, 0.15) is 0 Å². The van der Waals surface area contributed by atoms with Gasteiger partial charge in [0.25, 0.3) is 0 Å². The van der Waals surface area contributed by atoms with Crippen molar-refractivity contribution in [3.63, 3.8) is 0 Å². The minimum atomic E-state index is 0.426. The third kappa shape index (κ3) is 1.47. The fourth-order valence-corrected chi connectivity index (χ4v) is 5.88. The Morgan fingerprint density at radius 1 is 1.19 bits per heavy atom. The molecule has 4 bridgehead atoms. The van der Waals surface area contributed by atoms with Gasteiger partial charge < -0.3 is 5.73 Å². The summed E-state index contributed by atoms with van der Waals surface area (Å²) in [5, 5.41) is 0. The van der Waals surface area contributed by atoms with Gasteiger partial charge in [-0.3, -0.25) is 0 Å². The van der Waals surface area contributed by atoms with Gasteiger partial charge >= 0.3 is 0 Å². The molecule has 4 fully saturated rings. The van der Waals surface area contributed by atoms with E-state index in [0.29, 0.717) is 16.9 Å². The molecule has 2 N–H and O–H groups in total. The minimum Gasteiger partial charge on any atom is -0.327 e. The van der Waals surface area contributed by atoms with Crippen LogP contribution in [0, 0.1) is 22.7 Å². The zero-order valence-corrected chi connectivity index (χ0v) is 11.0. The zero-order chi connectivity index (χ0) is 11.4. The van der Waals surface area contributed by atoms with E-state index in [4.69, 9.17) is 5.73 Å². The lowest BCUT2D eigenvalue weighted by atomic mass is 9.42. The Kier molecular flexibility index (Phi) is 2.41. The number of nitrogens with two attached hydrogens (primary N) is 1. The van der Waals surface area contributed by atoms with Gasteiger partial charge in [-0.05, 0) is 74.5 Å². The van der Waals surface area contributed by atoms with E-state index in [1.165, 1.54) is 51.4 Å². The summed E-state index contributed by atoms with van der Waals surface area (Å²) in [6.07, 6.45) is 11.8. The lowest BCUT2D eigenvalue weighted by molar-refractivity contribution is -0.122. The first-order chi connectivity index (χ1) is 7.57. The van der Waals surface area contributed by atoms with Gasteiger partial charge in [0.05, 0.1) is 0 Å². The molecule has 0 aromatic carbocycles. The average molecular weight is 221 g/mol. The van der Waals surface area contributed by atoms with Crippen LogP contribution in [0.4, 0.5) is 0 Å². The first kappa shape index (κ1) is 11.1. The Morgan fingerprint density at radius 2 is 1.81 bits per heavy atom. The smallest absolute Gasteiger partial charge is 0.00674 e. The van der Waals surface area contributed by atoms with Crippen LogP contribution in [0.15, 0.2) is 0 Å². The van der Waals surface area contributed by atoms with Crippen LogP contribution >= 0.6 is 0 Å². The van der Waals surface area contributed by atoms with Crippen molar-refractivity contribution < 1.29 is 0 Å². The van der Waals surface area contributed by atoms with E-state index in [1.54, 1.807) is 0 Å². The summed E-state index contributed by atoms with van der Waals surface area (Å²) in [4.78, 5) is 0. The molecule has 92 valence electrons. The second-order valence-electron chi connectivity index (χ2n) is 7.36. The third-order valence-corrected chi connectivity index (χ3v) is 5.97. The molecule has 4 aliphatic rings. The average Bonchev–Trinajstić information content (AvgIpc) is 2.14. The van der Waals surface area contributed by atoms with Crippen LogP contribution in [0.25, 0.3) is 0 Å². The highest BCUT2D eigenvalue weighted by atomic mass is 14.7. The van der Waals surface area contributed by atoms with E-state index in [9.17, 15) is 0 Å². The largest absolute Gasteiger partial charge is 0.327 e. The molecule has 0 aromatic heterocycles. The van der Waals surface area contributed by atoms with E-state index in [-0.39, 0.29) is 0 Å². The van der Waals surface area contributed by atoms with Gasteiger partial charge in [-0.1, -0.05) is 13.3 Å². The molecule has 3 atom stereocenters. The molecule has 0 radical (unpaired) electrons. The topological polar surface area (TPSA) is 26.0 Å². The standard InChI is InChI=1S/C15H27N/c1-3-4-14-6-12-5-13(7-14)9-15(8-12,10-14)11(2)16/h11-13H,3-10,16H2,1-2H3. The SMILES string of the molecule is CCCC12CC3CC(C1)CC(C(C)N)(C3)C2. The molecule has 4 rings (SSSR count). The van der Waals surface area contributed by atoms with Crippen LogP contribution in [-0.4, -0.2) is 6.04 Å². The fourth-order valence-electron chi connectivity index (χ4n) is 5.88. The van der Waals surface area contributed by atoms with Gasteiger partial charge in [-0.25, -0.2) is 0 Å². The van der Waals surface area contributed by atoms with Gasteiger partial charge in [0.2, 0.25) is 0 Å². The van der Waals surface area contributed by atoms with E-state index in [1.807, 2.05) is 0 Å². The maximum atomic E-state index is 6.35. The van der Waals surface area contributed by atoms with Crippen molar-refractivity contribution >= 4 is 0 Å². The normalized spacial score (nSPS) is 51.9. The van der Waals surface area contributed by atoms with Crippen molar-refractivity contribution in [1.82, 2.24) is 0 Å². The molecular weight excluding hydrogens is 194 g/mol. The molecule has 0 amide bonds. The summed E-state index contributed by atoms with van der Waals surface area (Å²) in [5.41, 5.74) is 7.60. The lowest BCUT2D eigenvalue weighted by Crippen LogP contribution is -2.57. The molecular formula is C15H27N. The predicted octanol–water partition coefficient (Wildman–Crippen LogP) is 3.72. The second kappa shape index (κ2) is 3.48. The Balaban J connectivity index is 1.90. The van der Waals surface area contributed by atoms with Crippen molar-refractivity contribution in [3.8, 4) is 0 Å². The van der Waals surface area contributed by atoms with Gasteiger partial charge in [0, 0.05) is 6.04 Å². The molecule has 4 aliphatic carbocycles. The van der Waals surface area contributed by atoms with E-state index in [2.05, 4.69) is 13.8 Å². The number of hydrogen-bond acceptors (Lipinski definition) is 1. The Morgan fingerprint density at radius 3 is 2.31 bits per heavy atom. The highest BCUT2D eigenvalue weighted by molar-refractivity contribution is 5.09. The minimum absolute atomic E-state index is 0.426. The monoisotopic (exact) mass is 221 g/mol. The maximum Gasteiger partial charge on any atom is 0.00674 e. The summed E-state index contributed by atoms with van der Waals surface area (Å²) in [6, 6.07) is 0.426. The highest BCUT2D eigenvalue weighted by Gasteiger charge is 2.58. The summed E-state index contributed by atoms with van der Waals surface area (Å²) in [5.74, 6) is 2.05. The van der Waals surface area contributed by atoms with E-state index < -0.39 is 0 Å². The molecule has 4 saturated carbocycles. The molecule has 1 heteroatoms. The van der Waals surface area contributed by atoms with Gasteiger partial charge in [0.15, 0.2) is 0 Å². The maximum absolute atomic E-state index is 6.35. The second-order valence-corrected chi connectivity index (χ2v) is 7.36. The van der Waals surface area contributed by atoms with Crippen LogP contribution in [0.5, 0.6) is 0 Å². The molecule has 0 heterocycles. The van der Waals surface area contributed by atoms with Crippen molar-refractivity contribution in [2.24, 2.45) is 28.4 Å². The summed E-state index contributed by atoms with van der Waals surface area (Å²) < 4.78 is 0. The molecule has 0 spiro atoms. The lowest BCUT2D eigenvalue weighted by Gasteiger charge is -2.64. The molecule has 0 aromatic rings.